The molecular weight excluding hydrogens is 598 g/mol. The van der Waals surface area contributed by atoms with Crippen LogP contribution in [-0.2, 0) is 4.74 Å². The number of carbonyl (C=O) groups is 1. The summed E-state index contributed by atoms with van der Waals surface area (Å²) in [5.41, 5.74) is 3.27. The van der Waals surface area contributed by atoms with Crippen LogP contribution in [0.25, 0.3) is 11.4 Å². The highest BCUT2D eigenvalue weighted by atomic mass is 16.5. The first-order chi connectivity index (χ1) is 22.8. The zero-order valence-electron chi connectivity index (χ0n) is 27.5. The summed E-state index contributed by atoms with van der Waals surface area (Å²) in [5.74, 6) is 1.45. The fourth-order valence-electron chi connectivity index (χ4n) is 6.79. The van der Waals surface area contributed by atoms with E-state index in [1.54, 1.807) is 0 Å². The van der Waals surface area contributed by atoms with Crippen molar-refractivity contribution in [1.82, 2.24) is 19.9 Å². The number of aliphatic hydroxyl groups excluding tert-OH is 2. The molecule has 3 saturated heterocycles. The smallest absolute Gasteiger partial charge is 0.323 e. The Labute approximate surface area is 276 Å². The van der Waals surface area contributed by atoms with Crippen LogP contribution in [0, 0.1) is 0 Å². The molecule has 4 heterocycles. The lowest BCUT2D eigenvalue weighted by molar-refractivity contribution is 0.0981. The Morgan fingerprint density at radius 1 is 0.851 bits per heavy atom. The van der Waals surface area contributed by atoms with Gasteiger partial charge in [0.15, 0.2) is 5.82 Å². The summed E-state index contributed by atoms with van der Waals surface area (Å²) in [7, 11) is 4.29. The highest BCUT2D eigenvalue weighted by Crippen LogP contribution is 2.32. The minimum atomic E-state index is -0.331. The Morgan fingerprint density at radius 2 is 1.45 bits per heavy atom. The van der Waals surface area contributed by atoms with Gasteiger partial charge < -0.3 is 45.2 Å². The minimum absolute atomic E-state index is 0.0523. The van der Waals surface area contributed by atoms with Gasteiger partial charge in [-0.25, -0.2) is 4.79 Å². The number of piperidine rings is 1. The van der Waals surface area contributed by atoms with Gasteiger partial charge in [-0.15, -0.1) is 0 Å². The second kappa shape index (κ2) is 14.8. The first-order valence-electron chi connectivity index (χ1n) is 16.6. The van der Waals surface area contributed by atoms with Crippen LogP contribution in [0.1, 0.15) is 32.6 Å². The Bertz CT molecular complexity index is 1470. The maximum Gasteiger partial charge on any atom is 0.323 e. The summed E-state index contributed by atoms with van der Waals surface area (Å²) >= 11 is 0. The molecule has 3 aliphatic heterocycles. The molecule has 0 spiro atoms. The quantitative estimate of drug-likeness (QED) is 0.272. The molecular formula is C34H47N9O4. The minimum Gasteiger partial charge on any atom is -0.394 e. The zero-order valence-corrected chi connectivity index (χ0v) is 27.5. The maximum atomic E-state index is 12.9. The van der Waals surface area contributed by atoms with Crippen molar-refractivity contribution in [2.24, 2.45) is 0 Å². The van der Waals surface area contributed by atoms with Crippen molar-refractivity contribution in [3.63, 3.8) is 0 Å². The molecule has 3 aromatic rings. The third-order valence-electron chi connectivity index (χ3n) is 9.59. The number of nitrogens with zero attached hydrogens (tertiary/aromatic N) is 7. The first kappa shape index (κ1) is 32.9. The summed E-state index contributed by atoms with van der Waals surface area (Å²) in [6, 6.07) is 15.4. The van der Waals surface area contributed by atoms with Crippen molar-refractivity contribution in [1.29, 1.82) is 0 Å². The monoisotopic (exact) mass is 645 g/mol. The van der Waals surface area contributed by atoms with Gasteiger partial charge in [0.1, 0.15) is 0 Å². The lowest BCUT2D eigenvalue weighted by Gasteiger charge is -2.36. The molecule has 47 heavy (non-hydrogen) atoms. The number of aliphatic hydroxyl groups is 2. The van der Waals surface area contributed by atoms with Crippen LogP contribution in [0.3, 0.4) is 0 Å². The molecule has 0 saturated carbocycles. The van der Waals surface area contributed by atoms with Gasteiger partial charge in [0.05, 0.1) is 44.6 Å². The fourth-order valence-corrected chi connectivity index (χ4v) is 6.79. The maximum absolute atomic E-state index is 12.9. The molecule has 3 fully saturated rings. The van der Waals surface area contributed by atoms with Crippen LogP contribution in [-0.4, -0.2) is 120 Å². The summed E-state index contributed by atoms with van der Waals surface area (Å²) in [6.07, 6.45) is 3.77. The van der Waals surface area contributed by atoms with Gasteiger partial charge >= 0.3 is 6.03 Å². The summed E-state index contributed by atoms with van der Waals surface area (Å²) in [6.45, 7) is 5.80. The van der Waals surface area contributed by atoms with Crippen LogP contribution >= 0.6 is 0 Å². The van der Waals surface area contributed by atoms with Gasteiger partial charge in [0, 0.05) is 48.3 Å². The molecule has 2 amide bonds. The standard InChI is InChI=1S/C34H47N9O4/c1-23-22-47-19-18-42(23)32-37-31(38-33(39-32)43-29(20-44)12-13-30(43)21-45)24-4-6-25(7-5-24)35-34(46)36-26-8-10-28(11-9-26)41-16-14-27(15-17-41)40(2)3/h4-11,23,27,29-30,44-45H,12-22H2,1-3H3,(H2,35,36,46). The predicted molar refractivity (Wildman–Crippen MR) is 184 cm³/mol. The normalized spacial score (nSPS) is 22.2. The average Bonchev–Trinajstić information content (AvgIpc) is 3.52. The van der Waals surface area contributed by atoms with Crippen molar-refractivity contribution in [2.45, 2.75) is 56.8 Å². The number of morpholine rings is 1. The summed E-state index contributed by atoms with van der Waals surface area (Å²) in [4.78, 5) is 36.1. The number of benzene rings is 2. The molecule has 3 aliphatic rings. The molecule has 1 aromatic heterocycles. The van der Waals surface area contributed by atoms with Crippen LogP contribution in [0.2, 0.25) is 0 Å². The van der Waals surface area contributed by atoms with E-state index in [-0.39, 0.29) is 37.4 Å². The van der Waals surface area contributed by atoms with Crippen molar-refractivity contribution in [3.8, 4) is 11.4 Å². The number of ether oxygens (including phenoxy) is 1. The van der Waals surface area contributed by atoms with Gasteiger partial charge in [0.2, 0.25) is 11.9 Å². The van der Waals surface area contributed by atoms with E-state index < -0.39 is 0 Å². The lowest BCUT2D eigenvalue weighted by atomic mass is 10.0. The second-order valence-corrected chi connectivity index (χ2v) is 12.9. The highest BCUT2D eigenvalue weighted by molar-refractivity contribution is 5.99. The van der Waals surface area contributed by atoms with Gasteiger partial charge in [-0.05, 0) is 95.2 Å². The SMILES string of the molecule is CC1COCCN1c1nc(-c2ccc(NC(=O)Nc3ccc(N4CCC(N(C)C)CC4)cc3)cc2)nc(N2C(CO)CCC2CO)n1. The van der Waals surface area contributed by atoms with Crippen molar-refractivity contribution >= 4 is 35.0 Å². The Hall–Kier alpha value is -4.04. The number of anilines is 5. The Balaban J connectivity index is 1.14. The zero-order chi connectivity index (χ0) is 32.9. The van der Waals surface area contributed by atoms with Gasteiger partial charge in [-0.3, -0.25) is 0 Å². The van der Waals surface area contributed by atoms with Gasteiger partial charge in [-0.2, -0.15) is 15.0 Å². The third kappa shape index (κ3) is 7.59. The van der Waals surface area contributed by atoms with Crippen molar-refractivity contribution < 1.29 is 19.7 Å². The van der Waals surface area contributed by atoms with E-state index >= 15 is 0 Å². The number of carbonyl (C=O) groups excluding carboxylic acids is 1. The van der Waals surface area contributed by atoms with Crippen LogP contribution < -0.4 is 25.3 Å². The van der Waals surface area contributed by atoms with E-state index in [0.29, 0.717) is 49.2 Å². The number of aromatic nitrogens is 3. The third-order valence-corrected chi connectivity index (χ3v) is 9.59. The molecule has 0 aliphatic carbocycles. The average molecular weight is 646 g/mol. The van der Waals surface area contributed by atoms with Crippen LogP contribution in [0.15, 0.2) is 48.5 Å². The van der Waals surface area contributed by atoms with E-state index in [0.717, 1.165) is 50.0 Å². The molecule has 4 N–H and O–H groups in total. The molecule has 13 nitrogen and oxygen atoms in total. The molecule has 0 bridgehead atoms. The number of hydrogen-bond acceptors (Lipinski definition) is 11. The molecule has 252 valence electrons. The van der Waals surface area contributed by atoms with Crippen LogP contribution in [0.4, 0.5) is 33.8 Å². The van der Waals surface area contributed by atoms with Crippen molar-refractivity contribution in [2.75, 3.05) is 85.5 Å². The molecule has 6 rings (SSSR count). The summed E-state index contributed by atoms with van der Waals surface area (Å²) in [5, 5.41) is 26.0. The molecule has 0 radical (unpaired) electrons. The Kier molecular flexibility index (Phi) is 10.4. The molecule has 3 atom stereocenters. The van der Waals surface area contributed by atoms with Crippen LogP contribution in [0.5, 0.6) is 0 Å². The topological polar surface area (TPSA) is 142 Å². The second-order valence-electron chi connectivity index (χ2n) is 12.9. The Morgan fingerprint density at radius 3 is 2.02 bits per heavy atom. The number of amides is 2. The predicted octanol–water partition coefficient (Wildman–Crippen LogP) is 3.26. The van der Waals surface area contributed by atoms with E-state index in [1.165, 1.54) is 5.69 Å². The van der Waals surface area contributed by atoms with Gasteiger partial charge in [-0.1, -0.05) is 0 Å². The van der Waals surface area contributed by atoms with E-state index in [9.17, 15) is 15.0 Å². The van der Waals surface area contributed by atoms with Gasteiger partial charge in [0.25, 0.3) is 0 Å². The fraction of sp³-hybridized carbons (Fsp3) is 0.529. The van der Waals surface area contributed by atoms with E-state index in [2.05, 4.69) is 58.5 Å². The largest absolute Gasteiger partial charge is 0.394 e. The highest BCUT2D eigenvalue weighted by Gasteiger charge is 2.36. The summed E-state index contributed by atoms with van der Waals surface area (Å²) < 4.78 is 5.64. The van der Waals surface area contributed by atoms with E-state index in [4.69, 9.17) is 19.7 Å². The number of hydrogen-bond donors (Lipinski definition) is 4. The van der Waals surface area contributed by atoms with E-state index in [1.807, 2.05) is 41.3 Å². The number of nitrogens with one attached hydrogen (secondary N) is 2. The first-order valence-corrected chi connectivity index (χ1v) is 16.6. The molecule has 13 heteroatoms. The number of urea groups is 1. The molecule has 3 unspecified atom stereocenters. The lowest BCUT2D eigenvalue weighted by Crippen LogP contribution is -2.45. The van der Waals surface area contributed by atoms with Crippen molar-refractivity contribution in [3.05, 3.63) is 48.5 Å². The number of rotatable bonds is 9. The molecule has 2 aromatic carbocycles.